The number of fused-ring (bicyclic) bond motifs is 1. The minimum absolute atomic E-state index is 0.204. The highest BCUT2D eigenvalue weighted by Gasteiger charge is 2.23. The Labute approximate surface area is 118 Å². The van der Waals surface area contributed by atoms with Crippen LogP contribution in [0.1, 0.15) is 43.0 Å². The topological polar surface area (TPSA) is 42.7 Å². The standard InChI is InChI=1S/C15H19FN4/c1-2-3-13-15-19-18-14(20(15)9-8-17-13)10-11-4-6-12(16)7-5-11/h4-7,13,17H,2-3,8-10H2,1H3. The number of nitrogens with zero attached hydrogens (tertiary/aromatic N) is 3. The van der Waals surface area contributed by atoms with Crippen molar-refractivity contribution >= 4 is 0 Å². The molecule has 1 N–H and O–H groups in total. The van der Waals surface area contributed by atoms with Crippen molar-refractivity contribution in [3.8, 4) is 0 Å². The van der Waals surface area contributed by atoms with Crippen molar-refractivity contribution in [1.82, 2.24) is 20.1 Å². The van der Waals surface area contributed by atoms with E-state index in [1.165, 1.54) is 12.1 Å². The third kappa shape index (κ3) is 2.58. The van der Waals surface area contributed by atoms with E-state index in [2.05, 4.69) is 27.0 Å². The fraction of sp³-hybridized carbons (Fsp3) is 0.467. The van der Waals surface area contributed by atoms with Crippen LogP contribution in [0.2, 0.25) is 0 Å². The van der Waals surface area contributed by atoms with Crippen molar-refractivity contribution in [2.45, 2.75) is 38.8 Å². The maximum Gasteiger partial charge on any atom is 0.150 e. The molecule has 0 bridgehead atoms. The van der Waals surface area contributed by atoms with E-state index in [0.29, 0.717) is 12.5 Å². The molecule has 4 nitrogen and oxygen atoms in total. The summed E-state index contributed by atoms with van der Waals surface area (Å²) in [5, 5.41) is 12.2. The second-order valence-corrected chi connectivity index (χ2v) is 5.22. The summed E-state index contributed by atoms with van der Waals surface area (Å²) in [6.07, 6.45) is 2.90. The lowest BCUT2D eigenvalue weighted by atomic mass is 10.1. The highest BCUT2D eigenvalue weighted by molar-refractivity contribution is 5.20. The molecule has 0 fully saturated rings. The van der Waals surface area contributed by atoms with Gasteiger partial charge in [0.2, 0.25) is 0 Å². The van der Waals surface area contributed by atoms with Crippen LogP contribution < -0.4 is 5.32 Å². The van der Waals surface area contributed by atoms with Crippen LogP contribution in [0.5, 0.6) is 0 Å². The molecule has 1 aliphatic rings. The van der Waals surface area contributed by atoms with Crippen LogP contribution in [0.15, 0.2) is 24.3 Å². The normalized spacial score (nSPS) is 18.0. The minimum Gasteiger partial charge on any atom is -0.312 e. The number of hydrogen-bond donors (Lipinski definition) is 1. The highest BCUT2D eigenvalue weighted by atomic mass is 19.1. The van der Waals surface area contributed by atoms with E-state index < -0.39 is 0 Å². The zero-order valence-electron chi connectivity index (χ0n) is 11.6. The van der Waals surface area contributed by atoms with Crippen molar-refractivity contribution in [3.05, 3.63) is 47.3 Å². The van der Waals surface area contributed by atoms with Crippen LogP contribution in [0.3, 0.4) is 0 Å². The first-order chi connectivity index (χ1) is 9.78. The van der Waals surface area contributed by atoms with Gasteiger partial charge in [0.25, 0.3) is 0 Å². The Morgan fingerprint density at radius 2 is 2.10 bits per heavy atom. The fourth-order valence-corrected chi connectivity index (χ4v) is 2.73. The number of rotatable bonds is 4. The summed E-state index contributed by atoms with van der Waals surface area (Å²) >= 11 is 0. The Kier molecular flexibility index (Phi) is 3.78. The molecule has 3 rings (SSSR count). The SMILES string of the molecule is CCCC1NCCn2c(Cc3ccc(F)cc3)nnc21. The molecule has 2 heterocycles. The fourth-order valence-electron chi connectivity index (χ4n) is 2.73. The molecule has 106 valence electrons. The summed E-state index contributed by atoms with van der Waals surface area (Å²) in [5.41, 5.74) is 1.06. The van der Waals surface area contributed by atoms with Crippen LogP contribution >= 0.6 is 0 Å². The lowest BCUT2D eigenvalue weighted by Crippen LogP contribution is -2.34. The number of benzene rings is 1. The van der Waals surface area contributed by atoms with E-state index in [0.717, 1.165) is 43.1 Å². The van der Waals surface area contributed by atoms with Gasteiger partial charge in [-0.15, -0.1) is 10.2 Å². The smallest absolute Gasteiger partial charge is 0.150 e. The summed E-state index contributed by atoms with van der Waals surface area (Å²) in [6.45, 7) is 4.03. The minimum atomic E-state index is -0.204. The third-order valence-corrected chi connectivity index (χ3v) is 3.75. The van der Waals surface area contributed by atoms with Gasteiger partial charge in [-0.3, -0.25) is 0 Å². The zero-order chi connectivity index (χ0) is 13.9. The van der Waals surface area contributed by atoms with Crippen LogP contribution in [-0.4, -0.2) is 21.3 Å². The predicted octanol–water partition coefficient (Wildman–Crippen LogP) is 2.45. The molecular weight excluding hydrogens is 255 g/mol. The van der Waals surface area contributed by atoms with Gasteiger partial charge in [-0.1, -0.05) is 25.5 Å². The first kappa shape index (κ1) is 13.2. The average Bonchev–Trinajstić information content (AvgIpc) is 2.86. The summed E-state index contributed by atoms with van der Waals surface area (Å²) < 4.78 is 15.1. The van der Waals surface area contributed by atoms with Gasteiger partial charge >= 0.3 is 0 Å². The summed E-state index contributed by atoms with van der Waals surface area (Å²) in [6, 6.07) is 6.90. The second-order valence-electron chi connectivity index (χ2n) is 5.22. The Morgan fingerprint density at radius 1 is 1.30 bits per heavy atom. The number of nitrogens with one attached hydrogen (secondary N) is 1. The maximum absolute atomic E-state index is 12.9. The van der Waals surface area contributed by atoms with Gasteiger partial charge in [-0.25, -0.2) is 4.39 Å². The molecule has 0 radical (unpaired) electrons. The van der Waals surface area contributed by atoms with Crippen LogP contribution in [-0.2, 0) is 13.0 Å². The molecule has 2 aromatic rings. The molecule has 1 aliphatic heterocycles. The molecule has 1 unspecified atom stereocenters. The molecule has 0 saturated heterocycles. The van der Waals surface area contributed by atoms with Crippen molar-refractivity contribution in [3.63, 3.8) is 0 Å². The molecule has 5 heteroatoms. The first-order valence-corrected chi connectivity index (χ1v) is 7.17. The van der Waals surface area contributed by atoms with E-state index in [1.54, 1.807) is 0 Å². The van der Waals surface area contributed by atoms with Gasteiger partial charge in [0.15, 0.2) is 0 Å². The van der Waals surface area contributed by atoms with Crippen molar-refractivity contribution in [2.24, 2.45) is 0 Å². The summed E-state index contributed by atoms with van der Waals surface area (Å²) in [5.74, 6) is 1.80. The van der Waals surface area contributed by atoms with Gasteiger partial charge in [-0.05, 0) is 24.1 Å². The van der Waals surface area contributed by atoms with E-state index in [4.69, 9.17) is 0 Å². The Hall–Kier alpha value is -1.75. The largest absolute Gasteiger partial charge is 0.312 e. The van der Waals surface area contributed by atoms with Gasteiger partial charge in [0, 0.05) is 19.5 Å². The van der Waals surface area contributed by atoms with Crippen LogP contribution in [0, 0.1) is 5.82 Å². The second kappa shape index (κ2) is 5.71. The molecule has 20 heavy (non-hydrogen) atoms. The summed E-state index contributed by atoms with van der Waals surface area (Å²) in [7, 11) is 0. The van der Waals surface area contributed by atoms with Gasteiger partial charge in [-0.2, -0.15) is 0 Å². The number of aromatic nitrogens is 3. The zero-order valence-corrected chi connectivity index (χ0v) is 11.6. The van der Waals surface area contributed by atoms with E-state index in [1.807, 2.05) is 12.1 Å². The van der Waals surface area contributed by atoms with Gasteiger partial charge < -0.3 is 9.88 Å². The third-order valence-electron chi connectivity index (χ3n) is 3.75. The average molecular weight is 274 g/mol. The molecule has 0 amide bonds. The molecule has 1 aromatic carbocycles. The maximum atomic E-state index is 12.9. The predicted molar refractivity (Wildman–Crippen MR) is 74.9 cm³/mol. The molecule has 1 atom stereocenters. The molecule has 0 spiro atoms. The van der Waals surface area contributed by atoms with E-state index in [-0.39, 0.29) is 5.82 Å². The van der Waals surface area contributed by atoms with Gasteiger partial charge in [0.05, 0.1) is 6.04 Å². The molecule has 0 saturated carbocycles. The summed E-state index contributed by atoms with van der Waals surface area (Å²) in [4.78, 5) is 0. The van der Waals surface area contributed by atoms with Gasteiger partial charge in [0.1, 0.15) is 17.5 Å². The molecular formula is C15H19FN4. The lowest BCUT2D eigenvalue weighted by molar-refractivity contribution is 0.388. The van der Waals surface area contributed by atoms with Crippen LogP contribution in [0.25, 0.3) is 0 Å². The van der Waals surface area contributed by atoms with E-state index >= 15 is 0 Å². The van der Waals surface area contributed by atoms with E-state index in [9.17, 15) is 4.39 Å². The Balaban J connectivity index is 1.83. The Morgan fingerprint density at radius 3 is 2.85 bits per heavy atom. The van der Waals surface area contributed by atoms with Crippen molar-refractivity contribution in [1.29, 1.82) is 0 Å². The molecule has 0 aliphatic carbocycles. The van der Waals surface area contributed by atoms with Crippen molar-refractivity contribution in [2.75, 3.05) is 6.54 Å². The number of hydrogen-bond acceptors (Lipinski definition) is 3. The Bertz CT molecular complexity index is 576. The number of halogens is 1. The highest BCUT2D eigenvalue weighted by Crippen LogP contribution is 2.22. The first-order valence-electron chi connectivity index (χ1n) is 7.17. The quantitative estimate of drug-likeness (QED) is 0.931. The monoisotopic (exact) mass is 274 g/mol. The lowest BCUT2D eigenvalue weighted by Gasteiger charge is -2.24. The van der Waals surface area contributed by atoms with Crippen LogP contribution in [0.4, 0.5) is 4.39 Å². The molecule has 1 aromatic heterocycles. The van der Waals surface area contributed by atoms with Crippen molar-refractivity contribution < 1.29 is 4.39 Å².